The van der Waals surface area contributed by atoms with Crippen LogP contribution in [-0.4, -0.2) is 22.8 Å². The fraction of sp³-hybridized carbons (Fsp3) is 0.133. The fourth-order valence-corrected chi connectivity index (χ4v) is 2.59. The Bertz CT molecular complexity index is 703. The van der Waals surface area contributed by atoms with Gasteiger partial charge in [0, 0.05) is 23.3 Å². The van der Waals surface area contributed by atoms with Gasteiger partial charge in [0.25, 0.3) is 5.91 Å². The van der Waals surface area contributed by atoms with Gasteiger partial charge in [0.1, 0.15) is 6.04 Å². The number of carbonyl (C=O) groups excluding carboxylic acids is 2. The first-order valence-electron chi connectivity index (χ1n) is 6.43. The first-order valence-corrected chi connectivity index (χ1v) is 7.23. The lowest BCUT2D eigenvalue weighted by atomic mass is 10.1. The van der Waals surface area contributed by atoms with Crippen molar-refractivity contribution < 1.29 is 9.59 Å². The van der Waals surface area contributed by atoms with Crippen LogP contribution in [0, 0.1) is 0 Å². The summed E-state index contributed by atoms with van der Waals surface area (Å²) in [7, 11) is 0. The molecular formula is C15H12BrN3O2. The van der Waals surface area contributed by atoms with Gasteiger partial charge in [-0.1, -0.05) is 22.0 Å². The van der Waals surface area contributed by atoms with E-state index in [1.165, 1.54) is 0 Å². The van der Waals surface area contributed by atoms with Crippen LogP contribution in [0.2, 0.25) is 0 Å². The molecule has 1 aliphatic heterocycles. The quantitative estimate of drug-likeness (QED) is 0.875. The molecule has 1 aromatic carbocycles. The lowest BCUT2D eigenvalue weighted by Gasteiger charge is -2.14. The van der Waals surface area contributed by atoms with Crippen molar-refractivity contribution in [1.29, 1.82) is 0 Å². The summed E-state index contributed by atoms with van der Waals surface area (Å²) in [4.78, 5) is 28.5. The minimum Gasteiger partial charge on any atom is -0.340 e. The number of amides is 2. The van der Waals surface area contributed by atoms with Crippen LogP contribution in [-0.2, 0) is 11.2 Å². The molecule has 1 unspecified atom stereocenters. The number of fused-ring (bicyclic) bond motifs is 1. The van der Waals surface area contributed by atoms with Crippen LogP contribution in [0.4, 0.5) is 5.69 Å². The van der Waals surface area contributed by atoms with Gasteiger partial charge >= 0.3 is 0 Å². The number of benzene rings is 1. The van der Waals surface area contributed by atoms with Crippen LogP contribution in [0.15, 0.2) is 47.2 Å². The lowest BCUT2D eigenvalue weighted by molar-refractivity contribution is -0.117. The van der Waals surface area contributed by atoms with E-state index in [2.05, 4.69) is 31.5 Å². The van der Waals surface area contributed by atoms with E-state index in [0.29, 0.717) is 17.7 Å². The second-order valence-corrected chi connectivity index (χ2v) is 5.69. The number of pyridine rings is 1. The number of hydrogen-bond acceptors (Lipinski definition) is 3. The summed E-state index contributed by atoms with van der Waals surface area (Å²) in [6, 6.07) is 8.25. The number of nitrogens with one attached hydrogen (secondary N) is 2. The predicted octanol–water partition coefficient (Wildman–Crippen LogP) is 2.14. The molecule has 0 spiro atoms. The lowest BCUT2D eigenvalue weighted by Crippen LogP contribution is -2.42. The number of rotatable bonds is 2. The summed E-state index contributed by atoms with van der Waals surface area (Å²) in [5.41, 5.74) is 1.87. The van der Waals surface area contributed by atoms with Crippen LogP contribution in [0.3, 0.4) is 0 Å². The molecule has 5 nitrogen and oxygen atoms in total. The van der Waals surface area contributed by atoms with Gasteiger partial charge < -0.3 is 10.6 Å². The summed E-state index contributed by atoms with van der Waals surface area (Å²) in [5, 5.41) is 5.55. The zero-order valence-corrected chi connectivity index (χ0v) is 12.6. The Labute approximate surface area is 129 Å². The zero-order chi connectivity index (χ0) is 14.8. The molecule has 106 valence electrons. The molecular weight excluding hydrogens is 334 g/mol. The third-order valence-corrected chi connectivity index (χ3v) is 3.76. The highest BCUT2D eigenvalue weighted by molar-refractivity contribution is 9.10. The number of nitrogens with zero attached hydrogens (tertiary/aromatic N) is 1. The van der Waals surface area contributed by atoms with Gasteiger partial charge in [-0.2, -0.15) is 0 Å². The maximum absolute atomic E-state index is 12.3. The van der Waals surface area contributed by atoms with E-state index in [1.807, 2.05) is 6.07 Å². The van der Waals surface area contributed by atoms with Crippen molar-refractivity contribution in [3.8, 4) is 0 Å². The van der Waals surface area contributed by atoms with Crippen molar-refractivity contribution in [2.75, 3.05) is 5.32 Å². The van der Waals surface area contributed by atoms with Crippen LogP contribution in [0.1, 0.15) is 15.9 Å². The molecule has 1 atom stereocenters. The average molecular weight is 346 g/mol. The molecule has 0 saturated heterocycles. The first kappa shape index (κ1) is 13.8. The zero-order valence-electron chi connectivity index (χ0n) is 11.0. The fourth-order valence-electron chi connectivity index (χ4n) is 2.23. The monoisotopic (exact) mass is 345 g/mol. The van der Waals surface area contributed by atoms with Crippen molar-refractivity contribution in [2.45, 2.75) is 12.5 Å². The molecule has 2 aromatic rings. The van der Waals surface area contributed by atoms with Crippen molar-refractivity contribution in [3.05, 3.63) is 58.3 Å². The molecule has 2 heterocycles. The molecule has 1 aliphatic rings. The smallest absolute Gasteiger partial charge is 0.254 e. The SMILES string of the molecule is O=C1NC(Cc2cccnc2)C(=O)Nc2ccc(Br)cc21. The van der Waals surface area contributed by atoms with E-state index in [1.54, 1.807) is 36.7 Å². The van der Waals surface area contributed by atoms with Gasteiger partial charge in [0.15, 0.2) is 0 Å². The van der Waals surface area contributed by atoms with Crippen molar-refractivity contribution in [3.63, 3.8) is 0 Å². The minimum atomic E-state index is -0.618. The highest BCUT2D eigenvalue weighted by Crippen LogP contribution is 2.23. The first-order chi connectivity index (χ1) is 10.1. The molecule has 0 radical (unpaired) electrons. The Balaban J connectivity index is 1.87. The molecule has 1 aromatic heterocycles. The van der Waals surface area contributed by atoms with Gasteiger partial charge in [-0.05, 0) is 29.8 Å². The van der Waals surface area contributed by atoms with E-state index in [-0.39, 0.29) is 11.8 Å². The molecule has 0 aliphatic carbocycles. The van der Waals surface area contributed by atoms with Crippen LogP contribution < -0.4 is 10.6 Å². The van der Waals surface area contributed by atoms with E-state index in [4.69, 9.17) is 0 Å². The molecule has 2 amide bonds. The van der Waals surface area contributed by atoms with Crippen LogP contribution in [0.5, 0.6) is 0 Å². The third-order valence-electron chi connectivity index (χ3n) is 3.27. The second-order valence-electron chi connectivity index (χ2n) is 4.77. The topological polar surface area (TPSA) is 71.1 Å². The molecule has 21 heavy (non-hydrogen) atoms. The second kappa shape index (κ2) is 5.65. The number of halogens is 1. The van der Waals surface area contributed by atoms with E-state index >= 15 is 0 Å². The van der Waals surface area contributed by atoms with E-state index < -0.39 is 6.04 Å². The van der Waals surface area contributed by atoms with Gasteiger partial charge in [-0.25, -0.2) is 0 Å². The summed E-state index contributed by atoms with van der Waals surface area (Å²) in [5.74, 6) is -0.494. The Kier molecular flexibility index (Phi) is 3.70. The Morgan fingerprint density at radius 2 is 2.10 bits per heavy atom. The number of aromatic nitrogens is 1. The third kappa shape index (κ3) is 2.95. The maximum atomic E-state index is 12.3. The van der Waals surface area contributed by atoms with E-state index in [9.17, 15) is 9.59 Å². The predicted molar refractivity (Wildman–Crippen MR) is 82.0 cm³/mol. The molecule has 0 saturated carbocycles. The van der Waals surface area contributed by atoms with E-state index in [0.717, 1.165) is 10.0 Å². The van der Waals surface area contributed by atoms with Gasteiger partial charge in [0.05, 0.1) is 11.3 Å². The molecule has 0 fully saturated rings. The molecule has 3 rings (SSSR count). The summed E-state index contributed by atoms with van der Waals surface area (Å²) in [6.45, 7) is 0. The molecule has 6 heteroatoms. The Morgan fingerprint density at radius 1 is 1.24 bits per heavy atom. The Hall–Kier alpha value is -2.21. The average Bonchev–Trinajstić information content (AvgIpc) is 2.59. The van der Waals surface area contributed by atoms with Crippen LogP contribution in [0.25, 0.3) is 0 Å². The summed E-state index contributed by atoms with van der Waals surface area (Å²) < 4.78 is 0.788. The number of anilines is 1. The number of hydrogen-bond donors (Lipinski definition) is 2. The molecule has 0 bridgehead atoms. The largest absolute Gasteiger partial charge is 0.340 e. The summed E-state index contributed by atoms with van der Waals surface area (Å²) >= 11 is 3.33. The van der Waals surface area contributed by atoms with Gasteiger partial charge in [-0.15, -0.1) is 0 Å². The van der Waals surface area contributed by atoms with Crippen molar-refractivity contribution in [1.82, 2.24) is 10.3 Å². The highest BCUT2D eigenvalue weighted by Gasteiger charge is 2.28. The number of carbonyl (C=O) groups is 2. The highest BCUT2D eigenvalue weighted by atomic mass is 79.9. The molecule has 2 N–H and O–H groups in total. The minimum absolute atomic E-state index is 0.228. The van der Waals surface area contributed by atoms with Crippen LogP contribution >= 0.6 is 15.9 Å². The van der Waals surface area contributed by atoms with Crippen molar-refractivity contribution >= 4 is 33.4 Å². The van der Waals surface area contributed by atoms with Gasteiger partial charge in [-0.3, -0.25) is 14.6 Å². The van der Waals surface area contributed by atoms with Crippen molar-refractivity contribution in [2.24, 2.45) is 0 Å². The normalized spacial score (nSPS) is 17.5. The summed E-state index contributed by atoms with van der Waals surface area (Å²) in [6.07, 6.45) is 3.76. The Morgan fingerprint density at radius 3 is 2.86 bits per heavy atom. The maximum Gasteiger partial charge on any atom is 0.254 e. The van der Waals surface area contributed by atoms with Gasteiger partial charge in [0.2, 0.25) is 5.91 Å². The standard InChI is InChI=1S/C15H12BrN3O2/c16-10-3-4-12-11(7-10)14(20)19-13(15(21)18-12)6-9-2-1-5-17-8-9/h1-5,7-8,13H,6H2,(H,18,21)(H,19,20).